The first-order valence-corrected chi connectivity index (χ1v) is 28.9. The Morgan fingerprint density at radius 3 is 1.25 bits per heavy atom. The number of aromatic hydroxyl groups is 1. The molecule has 0 spiro atoms. The Hall–Kier alpha value is -6.27. The van der Waals surface area contributed by atoms with Gasteiger partial charge in [0.2, 0.25) is 0 Å². The fourth-order valence-electron chi connectivity index (χ4n) is 5.85. The van der Waals surface area contributed by atoms with E-state index < -0.39 is 149 Å². The van der Waals surface area contributed by atoms with Gasteiger partial charge in [-0.3, -0.25) is 22.8 Å². The molecule has 390 valence electrons. The third-order valence-corrected chi connectivity index (χ3v) is 16.0. The molecule has 0 saturated carbocycles. The van der Waals surface area contributed by atoms with Crippen molar-refractivity contribution in [3.63, 3.8) is 0 Å². The lowest BCUT2D eigenvalue weighted by Crippen LogP contribution is -2.16. The van der Waals surface area contributed by atoms with Crippen LogP contribution in [0.5, 0.6) is 17.2 Å². The maximum Gasteiger partial charge on any atom is 0.397 e. The molecular formula is C34H33N7O24S7. The Morgan fingerprint density at radius 2 is 0.847 bits per heavy atom. The van der Waals surface area contributed by atoms with Gasteiger partial charge >= 0.3 is 20.8 Å². The number of azo groups is 3. The predicted molar refractivity (Wildman–Crippen MR) is 244 cm³/mol. The number of sulfone groups is 2. The van der Waals surface area contributed by atoms with E-state index in [0.29, 0.717) is 18.2 Å². The fourth-order valence-corrected chi connectivity index (χ4v) is 11.0. The summed E-state index contributed by atoms with van der Waals surface area (Å²) in [7, 11) is -32.8. The zero-order chi connectivity index (χ0) is 54.0. The van der Waals surface area contributed by atoms with Gasteiger partial charge in [-0.15, -0.1) is 30.7 Å². The first-order chi connectivity index (χ1) is 33.1. The van der Waals surface area contributed by atoms with E-state index in [1.54, 1.807) is 0 Å². The number of hydrogen-bond donors (Lipinski definition) is 7. The molecule has 0 radical (unpaired) electrons. The largest absolute Gasteiger partial charge is 0.505 e. The van der Waals surface area contributed by atoms with Crippen molar-refractivity contribution in [1.82, 2.24) is 0 Å². The van der Waals surface area contributed by atoms with Gasteiger partial charge in [0.1, 0.15) is 60.3 Å². The van der Waals surface area contributed by atoms with Gasteiger partial charge in [0.15, 0.2) is 25.4 Å². The van der Waals surface area contributed by atoms with Crippen LogP contribution < -0.4 is 15.2 Å². The summed E-state index contributed by atoms with van der Waals surface area (Å²) in [5.41, 5.74) is 2.42. The summed E-state index contributed by atoms with van der Waals surface area (Å²) in [4.78, 5) is -4.91. The molecule has 72 heavy (non-hydrogen) atoms. The number of phenolic OH excluding ortho intramolecular Hbond substituents is 1. The number of rotatable bonds is 21. The molecule has 0 atom stereocenters. The van der Waals surface area contributed by atoms with Crippen molar-refractivity contribution in [1.29, 1.82) is 0 Å². The monoisotopic (exact) mass is 1150 g/mol. The van der Waals surface area contributed by atoms with Crippen molar-refractivity contribution in [3.05, 3.63) is 66.7 Å². The van der Waals surface area contributed by atoms with Crippen molar-refractivity contribution in [2.75, 3.05) is 44.7 Å². The summed E-state index contributed by atoms with van der Waals surface area (Å²) in [6.45, 7) is -2.15. The minimum absolute atomic E-state index is 0.234. The lowest BCUT2D eigenvalue weighted by atomic mass is 10.1. The zero-order valence-electron chi connectivity index (χ0n) is 35.8. The molecule has 0 bridgehead atoms. The molecule has 5 rings (SSSR count). The highest BCUT2D eigenvalue weighted by Gasteiger charge is 2.27. The number of methoxy groups -OCH3 is 2. The van der Waals surface area contributed by atoms with Crippen LogP contribution in [0.3, 0.4) is 0 Å². The molecular weight excluding hydrogens is 1110 g/mol. The van der Waals surface area contributed by atoms with Crippen LogP contribution in [0.2, 0.25) is 0 Å². The van der Waals surface area contributed by atoms with Gasteiger partial charge in [0.25, 0.3) is 30.4 Å². The average Bonchev–Trinajstić information content (AvgIpc) is 3.25. The van der Waals surface area contributed by atoms with Gasteiger partial charge in [-0.25, -0.2) is 25.2 Å². The molecule has 0 aliphatic rings. The standard InChI is InChI=1S/C34H33N7O24S7/c1-62-27-17-26(28(63-2)16-25(27)38-36-23-7-3-18(13-29(23)68(47,48)49)66(43,44)11-9-64-71(56,57)58)39-41-33-31(70(53,54)55)15-21-20(34(33)42)5-6-22(35)32(21)40-37-24-8-4-19(14-30(24)69(50,51)52)67(45,46)12-10-65-72(59,60)61/h3-8,13-17,42H,9-12,35H2,1-2H3,(H,47,48,49)(H,50,51,52)(H,53,54,55)(H,56,57,58)(H,59,60,61). The Bertz CT molecular complexity index is 3930. The van der Waals surface area contributed by atoms with E-state index in [0.717, 1.165) is 62.8 Å². The zero-order valence-corrected chi connectivity index (χ0v) is 41.5. The lowest BCUT2D eigenvalue weighted by molar-refractivity contribution is 0.282. The van der Waals surface area contributed by atoms with Gasteiger partial charge in [-0.1, -0.05) is 0 Å². The number of nitrogens with two attached hydrogens (primary N) is 1. The van der Waals surface area contributed by atoms with Crippen LogP contribution in [0.4, 0.5) is 39.8 Å². The molecule has 31 nitrogen and oxygen atoms in total. The number of fused-ring (bicyclic) bond motifs is 1. The first-order valence-electron chi connectivity index (χ1n) is 18.6. The molecule has 0 aromatic heterocycles. The van der Waals surface area contributed by atoms with Crippen LogP contribution in [0, 0.1) is 0 Å². The predicted octanol–water partition coefficient (Wildman–Crippen LogP) is 4.32. The average molecular weight is 1150 g/mol. The Morgan fingerprint density at radius 1 is 0.458 bits per heavy atom. The number of benzene rings is 5. The van der Waals surface area contributed by atoms with Crippen LogP contribution in [0.15, 0.2) is 122 Å². The van der Waals surface area contributed by atoms with E-state index >= 15 is 0 Å². The number of ether oxygens (including phenoxy) is 2. The maximum atomic E-state index is 12.8. The molecule has 38 heteroatoms. The van der Waals surface area contributed by atoms with Crippen molar-refractivity contribution >= 4 is 121 Å². The van der Waals surface area contributed by atoms with Crippen molar-refractivity contribution in [2.24, 2.45) is 30.7 Å². The number of hydrogen-bond acceptors (Lipinski definition) is 26. The first kappa shape index (κ1) is 56.6. The summed E-state index contributed by atoms with van der Waals surface area (Å²) in [6, 6.07) is 9.19. The summed E-state index contributed by atoms with van der Waals surface area (Å²) in [5.74, 6) is -3.63. The summed E-state index contributed by atoms with van der Waals surface area (Å²) < 4.78 is 235. The van der Waals surface area contributed by atoms with Crippen LogP contribution in [0.1, 0.15) is 0 Å². The Balaban J connectivity index is 1.55. The maximum absolute atomic E-state index is 12.8. The SMILES string of the molecule is COc1cc(N=Nc2c(S(=O)(=O)O)cc3c(N=Nc4ccc(S(=O)(=O)CCOS(=O)(=O)O)cc4S(=O)(=O)O)c(N)ccc3c2O)c(OC)cc1N=Nc1ccc(S(=O)(=O)CCOS(=O)(=O)O)cc1S(=O)(=O)O. The summed E-state index contributed by atoms with van der Waals surface area (Å²) >= 11 is 0. The molecule has 0 heterocycles. The normalized spacial score (nSPS) is 13.4. The van der Waals surface area contributed by atoms with E-state index in [9.17, 15) is 77.7 Å². The minimum Gasteiger partial charge on any atom is -0.505 e. The second kappa shape index (κ2) is 21.1. The van der Waals surface area contributed by atoms with E-state index in [1.165, 1.54) is 0 Å². The number of phenols is 1. The number of anilines is 1. The second-order valence-corrected chi connectivity index (χ2v) is 24.4. The molecule has 0 saturated heterocycles. The third-order valence-electron chi connectivity index (χ3n) is 9.08. The highest BCUT2D eigenvalue weighted by molar-refractivity contribution is 7.92. The lowest BCUT2D eigenvalue weighted by Gasteiger charge is -2.12. The molecule has 0 aliphatic carbocycles. The minimum atomic E-state index is -5.38. The highest BCUT2D eigenvalue weighted by atomic mass is 32.3. The smallest absolute Gasteiger partial charge is 0.397 e. The quantitative estimate of drug-likeness (QED) is 0.0305. The van der Waals surface area contributed by atoms with Crippen LogP contribution in [-0.2, 0) is 79.2 Å². The topological polar surface area (TPSA) is 497 Å². The van der Waals surface area contributed by atoms with Crippen molar-refractivity contribution in [2.45, 2.75) is 24.5 Å². The van der Waals surface area contributed by atoms with E-state index in [-0.39, 0.29) is 39.3 Å². The van der Waals surface area contributed by atoms with Gasteiger partial charge in [-0.2, -0.15) is 42.1 Å². The van der Waals surface area contributed by atoms with Gasteiger partial charge < -0.3 is 20.3 Å². The molecule has 5 aromatic carbocycles. The van der Waals surface area contributed by atoms with Gasteiger partial charge in [-0.05, 0) is 54.6 Å². The van der Waals surface area contributed by atoms with E-state index in [2.05, 4.69) is 39.1 Å². The number of nitrogens with zero attached hydrogens (tertiary/aromatic N) is 6. The molecule has 5 aromatic rings. The Labute approximate surface area is 407 Å². The summed E-state index contributed by atoms with van der Waals surface area (Å²) in [5, 5.41) is 33.7. The van der Waals surface area contributed by atoms with E-state index in [1.807, 2.05) is 0 Å². The molecule has 0 aliphatic heterocycles. The highest BCUT2D eigenvalue weighted by Crippen LogP contribution is 2.47. The molecule has 0 amide bonds. The molecule has 8 N–H and O–H groups in total. The number of nitrogen functional groups attached to an aromatic ring is 1. The Kier molecular flexibility index (Phi) is 16.6. The third kappa shape index (κ3) is 14.0. The van der Waals surface area contributed by atoms with Gasteiger partial charge in [0.05, 0.1) is 54.4 Å². The summed E-state index contributed by atoms with van der Waals surface area (Å²) in [6.07, 6.45) is 0. The van der Waals surface area contributed by atoms with Crippen molar-refractivity contribution in [3.8, 4) is 17.2 Å². The van der Waals surface area contributed by atoms with Gasteiger partial charge in [0, 0.05) is 22.9 Å². The van der Waals surface area contributed by atoms with Crippen LogP contribution in [-0.4, -0.2) is 126 Å². The molecule has 0 fully saturated rings. The van der Waals surface area contributed by atoms with Crippen LogP contribution in [0.25, 0.3) is 10.8 Å². The fraction of sp³-hybridized carbons (Fsp3) is 0.176. The van der Waals surface area contributed by atoms with Crippen LogP contribution >= 0.6 is 0 Å². The van der Waals surface area contributed by atoms with E-state index in [4.69, 9.17) is 24.3 Å². The second-order valence-electron chi connectivity index (χ2n) is 13.8. The molecule has 0 unspecified atom stereocenters. The van der Waals surface area contributed by atoms with Crippen molar-refractivity contribution < 1.29 is 105 Å².